The molecule has 1 unspecified atom stereocenters. The molecule has 0 spiro atoms. The Balaban J connectivity index is 1.47. The lowest BCUT2D eigenvalue weighted by atomic mass is 9.95. The quantitative estimate of drug-likeness (QED) is 0.278. The van der Waals surface area contributed by atoms with Gasteiger partial charge in [0.15, 0.2) is 11.5 Å². The van der Waals surface area contributed by atoms with Gasteiger partial charge in [-0.25, -0.2) is 0 Å². The lowest BCUT2D eigenvalue weighted by molar-refractivity contribution is -0.140. The van der Waals surface area contributed by atoms with Gasteiger partial charge >= 0.3 is 0 Å². The van der Waals surface area contributed by atoms with Gasteiger partial charge in [0.2, 0.25) is 6.79 Å². The first-order chi connectivity index (χ1) is 18.0. The molecule has 190 valence electrons. The van der Waals surface area contributed by atoms with Crippen molar-refractivity contribution >= 4 is 17.4 Å². The summed E-state index contributed by atoms with van der Waals surface area (Å²) in [6, 6.07) is 19.3. The summed E-state index contributed by atoms with van der Waals surface area (Å²) in [5, 5.41) is 11.2. The number of benzene rings is 3. The van der Waals surface area contributed by atoms with E-state index in [1.807, 2.05) is 31.2 Å². The number of aliphatic hydroxyl groups is 1. The number of fused-ring (bicyclic) bond motifs is 1. The predicted octanol–water partition coefficient (Wildman–Crippen LogP) is 4.37. The molecular weight excluding hydrogens is 474 g/mol. The van der Waals surface area contributed by atoms with Crippen molar-refractivity contribution in [2.24, 2.45) is 0 Å². The third kappa shape index (κ3) is 4.75. The van der Waals surface area contributed by atoms with E-state index in [0.29, 0.717) is 35.0 Å². The summed E-state index contributed by atoms with van der Waals surface area (Å²) in [6.07, 6.45) is 0. The molecule has 1 saturated heterocycles. The molecule has 0 radical (unpaired) electrons. The number of amides is 1. The number of carbonyl (C=O) groups excluding carboxylic acids is 2. The highest BCUT2D eigenvalue weighted by Crippen LogP contribution is 2.41. The number of aryl methyl sites for hydroxylation is 1. The van der Waals surface area contributed by atoms with Gasteiger partial charge < -0.3 is 29.0 Å². The number of Topliss-reactive ketones (excluding diaryl/α,β-unsaturated/α-hetero) is 1. The Hall–Kier alpha value is -4.30. The SMILES string of the molecule is COCCN1C(=O)C(=O)/C(=C(\O)c2ccc3c(c2)OCO3)C1c1ccc(OCc2ccccc2C)cc1. The Kier molecular flexibility index (Phi) is 6.83. The van der Waals surface area contributed by atoms with Crippen LogP contribution in [0.4, 0.5) is 0 Å². The summed E-state index contributed by atoms with van der Waals surface area (Å²) in [5.41, 5.74) is 3.26. The topological polar surface area (TPSA) is 94.5 Å². The van der Waals surface area contributed by atoms with Crippen molar-refractivity contribution in [2.45, 2.75) is 19.6 Å². The van der Waals surface area contributed by atoms with Gasteiger partial charge in [0, 0.05) is 19.2 Å². The summed E-state index contributed by atoms with van der Waals surface area (Å²) in [7, 11) is 1.53. The number of carbonyl (C=O) groups is 2. The fourth-order valence-corrected chi connectivity index (χ4v) is 4.53. The lowest BCUT2D eigenvalue weighted by Crippen LogP contribution is -2.32. The number of hydrogen-bond donors (Lipinski definition) is 1. The molecule has 5 rings (SSSR count). The number of likely N-dealkylation sites (tertiary alicyclic amines) is 1. The Morgan fingerprint density at radius 3 is 2.54 bits per heavy atom. The van der Waals surface area contributed by atoms with Crippen LogP contribution in [-0.2, 0) is 20.9 Å². The molecule has 1 atom stereocenters. The maximum atomic E-state index is 13.1. The molecule has 1 amide bonds. The number of methoxy groups -OCH3 is 1. The average molecular weight is 502 g/mol. The second-order valence-electron chi connectivity index (χ2n) is 8.84. The van der Waals surface area contributed by atoms with Gasteiger partial charge in [0.1, 0.15) is 18.1 Å². The van der Waals surface area contributed by atoms with Crippen LogP contribution in [0.1, 0.15) is 28.3 Å². The fraction of sp³-hybridized carbons (Fsp3) is 0.241. The summed E-state index contributed by atoms with van der Waals surface area (Å²) in [5.74, 6) is -0.0577. The van der Waals surface area contributed by atoms with E-state index >= 15 is 0 Å². The highest BCUT2D eigenvalue weighted by atomic mass is 16.7. The van der Waals surface area contributed by atoms with E-state index in [2.05, 4.69) is 0 Å². The van der Waals surface area contributed by atoms with E-state index in [1.54, 1.807) is 42.5 Å². The Labute approximate surface area is 214 Å². The summed E-state index contributed by atoms with van der Waals surface area (Å²) < 4.78 is 21.9. The number of rotatable bonds is 8. The molecule has 1 N–H and O–H groups in total. The molecule has 8 heteroatoms. The van der Waals surface area contributed by atoms with Crippen molar-refractivity contribution < 1.29 is 33.6 Å². The van der Waals surface area contributed by atoms with Gasteiger partial charge in [-0.15, -0.1) is 0 Å². The van der Waals surface area contributed by atoms with E-state index in [9.17, 15) is 14.7 Å². The van der Waals surface area contributed by atoms with Crippen LogP contribution >= 0.6 is 0 Å². The minimum absolute atomic E-state index is 0.00791. The van der Waals surface area contributed by atoms with Crippen LogP contribution in [0, 0.1) is 6.92 Å². The molecule has 2 aliphatic rings. The first-order valence-corrected chi connectivity index (χ1v) is 11.9. The van der Waals surface area contributed by atoms with Crippen molar-refractivity contribution in [3.8, 4) is 17.2 Å². The molecule has 2 heterocycles. The minimum Gasteiger partial charge on any atom is -0.507 e. The molecule has 0 saturated carbocycles. The van der Waals surface area contributed by atoms with Crippen molar-refractivity contribution in [2.75, 3.05) is 27.1 Å². The Bertz CT molecular complexity index is 1360. The maximum Gasteiger partial charge on any atom is 0.295 e. The maximum absolute atomic E-state index is 13.1. The highest BCUT2D eigenvalue weighted by Gasteiger charge is 2.46. The first kappa shape index (κ1) is 24.4. The van der Waals surface area contributed by atoms with Gasteiger partial charge in [-0.3, -0.25) is 9.59 Å². The van der Waals surface area contributed by atoms with Crippen molar-refractivity contribution in [3.63, 3.8) is 0 Å². The van der Waals surface area contributed by atoms with E-state index in [0.717, 1.165) is 11.1 Å². The Morgan fingerprint density at radius 1 is 1.03 bits per heavy atom. The van der Waals surface area contributed by atoms with Gasteiger partial charge in [0.05, 0.1) is 18.2 Å². The van der Waals surface area contributed by atoms with Crippen LogP contribution in [0.2, 0.25) is 0 Å². The van der Waals surface area contributed by atoms with Crippen molar-refractivity contribution in [1.82, 2.24) is 4.90 Å². The van der Waals surface area contributed by atoms with Crippen molar-refractivity contribution in [3.05, 3.63) is 94.6 Å². The zero-order valence-electron chi connectivity index (χ0n) is 20.6. The van der Waals surface area contributed by atoms with E-state index in [1.165, 1.54) is 12.0 Å². The first-order valence-electron chi connectivity index (χ1n) is 11.9. The number of hydrogen-bond acceptors (Lipinski definition) is 7. The average Bonchev–Trinajstić information content (AvgIpc) is 3.49. The standard InChI is InChI=1S/C29H27NO7/c1-18-5-3-4-6-21(18)16-35-22-10-7-19(8-11-22)26-25(28(32)29(33)30(26)13-14-34-2)27(31)20-9-12-23-24(15-20)37-17-36-23/h3-12,15,26,31H,13-14,16-17H2,1-2H3/b27-25-. The van der Waals surface area contributed by atoms with E-state index < -0.39 is 17.7 Å². The van der Waals surface area contributed by atoms with Crippen LogP contribution in [0.5, 0.6) is 17.2 Å². The number of ketones is 1. The molecule has 0 bridgehead atoms. The van der Waals surface area contributed by atoms with Crippen LogP contribution in [0.3, 0.4) is 0 Å². The second kappa shape index (κ2) is 10.4. The van der Waals surface area contributed by atoms with Gasteiger partial charge in [0.25, 0.3) is 11.7 Å². The molecule has 2 aliphatic heterocycles. The smallest absolute Gasteiger partial charge is 0.295 e. The summed E-state index contributed by atoms with van der Waals surface area (Å²) >= 11 is 0. The molecular formula is C29H27NO7. The van der Waals surface area contributed by atoms with E-state index in [-0.39, 0.29) is 31.3 Å². The largest absolute Gasteiger partial charge is 0.507 e. The third-order valence-corrected chi connectivity index (χ3v) is 6.57. The van der Waals surface area contributed by atoms with Crippen LogP contribution < -0.4 is 14.2 Å². The zero-order valence-corrected chi connectivity index (χ0v) is 20.6. The number of nitrogens with zero attached hydrogens (tertiary/aromatic N) is 1. The zero-order chi connectivity index (χ0) is 25.9. The van der Waals surface area contributed by atoms with Crippen LogP contribution in [0.25, 0.3) is 5.76 Å². The number of aliphatic hydroxyl groups excluding tert-OH is 1. The molecule has 0 aliphatic carbocycles. The van der Waals surface area contributed by atoms with Gasteiger partial charge in [-0.1, -0.05) is 36.4 Å². The second-order valence-corrected chi connectivity index (χ2v) is 8.84. The molecule has 3 aromatic rings. The molecule has 0 aromatic heterocycles. The summed E-state index contributed by atoms with van der Waals surface area (Å²) in [4.78, 5) is 27.6. The van der Waals surface area contributed by atoms with Gasteiger partial charge in [-0.2, -0.15) is 0 Å². The molecule has 37 heavy (non-hydrogen) atoms. The normalized spacial score (nSPS) is 17.9. The van der Waals surface area contributed by atoms with Crippen molar-refractivity contribution in [1.29, 1.82) is 0 Å². The molecule has 8 nitrogen and oxygen atoms in total. The minimum atomic E-state index is -0.786. The molecule has 1 fully saturated rings. The molecule has 3 aromatic carbocycles. The highest BCUT2D eigenvalue weighted by molar-refractivity contribution is 6.46. The third-order valence-electron chi connectivity index (χ3n) is 6.57. The monoisotopic (exact) mass is 501 g/mol. The predicted molar refractivity (Wildman–Crippen MR) is 135 cm³/mol. The summed E-state index contributed by atoms with van der Waals surface area (Å²) in [6.45, 7) is 2.97. The Morgan fingerprint density at radius 2 is 1.78 bits per heavy atom. The number of ether oxygens (including phenoxy) is 4. The fourth-order valence-electron chi connectivity index (χ4n) is 4.53. The lowest BCUT2D eigenvalue weighted by Gasteiger charge is -2.25. The van der Waals surface area contributed by atoms with Gasteiger partial charge in [-0.05, 0) is 53.9 Å². The van der Waals surface area contributed by atoms with Crippen LogP contribution in [-0.4, -0.2) is 48.8 Å². The van der Waals surface area contributed by atoms with E-state index in [4.69, 9.17) is 18.9 Å². The van der Waals surface area contributed by atoms with Crippen LogP contribution in [0.15, 0.2) is 72.3 Å².